The molecule has 0 saturated carbocycles. The summed E-state index contributed by atoms with van der Waals surface area (Å²) in [6.45, 7) is 1.34. The Labute approximate surface area is 140 Å². The van der Waals surface area contributed by atoms with Gasteiger partial charge in [0, 0.05) is 19.4 Å². The fourth-order valence-electron chi connectivity index (χ4n) is 2.23. The van der Waals surface area contributed by atoms with Crippen LogP contribution in [-0.4, -0.2) is 22.6 Å². The Morgan fingerprint density at radius 3 is 2.77 bits per heavy atom. The zero-order chi connectivity index (χ0) is 15.9. The predicted molar refractivity (Wildman–Crippen MR) is 89.0 cm³/mol. The van der Waals surface area contributed by atoms with E-state index in [0.717, 1.165) is 14.7 Å². The zero-order valence-corrected chi connectivity index (χ0v) is 14.4. The van der Waals surface area contributed by atoms with Crippen molar-refractivity contribution in [3.05, 3.63) is 28.2 Å². The van der Waals surface area contributed by atoms with Crippen molar-refractivity contribution in [1.82, 2.24) is 9.55 Å². The highest BCUT2D eigenvalue weighted by Gasteiger charge is 2.22. The highest BCUT2D eigenvalue weighted by molar-refractivity contribution is 14.1. The molecule has 0 saturated heterocycles. The van der Waals surface area contributed by atoms with Crippen LogP contribution in [0, 0.1) is 3.57 Å². The van der Waals surface area contributed by atoms with Gasteiger partial charge >= 0.3 is 5.97 Å². The highest BCUT2D eigenvalue weighted by Crippen LogP contribution is 2.42. The van der Waals surface area contributed by atoms with E-state index < -0.39 is 5.97 Å². The van der Waals surface area contributed by atoms with E-state index in [9.17, 15) is 4.79 Å². The van der Waals surface area contributed by atoms with E-state index in [0.29, 0.717) is 22.8 Å². The van der Waals surface area contributed by atoms with Gasteiger partial charge in [0.05, 0.1) is 23.2 Å². The van der Waals surface area contributed by atoms with Crippen molar-refractivity contribution in [2.45, 2.75) is 6.92 Å². The maximum absolute atomic E-state index is 11.4. The van der Waals surface area contributed by atoms with Crippen molar-refractivity contribution >= 4 is 39.5 Å². The number of aromatic nitrogens is 2. The first-order valence-corrected chi connectivity index (χ1v) is 7.55. The Kier molecular flexibility index (Phi) is 3.81. The summed E-state index contributed by atoms with van der Waals surface area (Å²) in [6.07, 6.45) is 3.43. The molecule has 0 spiro atoms. The number of rotatable bonds is 3. The lowest BCUT2D eigenvalue weighted by Gasteiger charge is -2.07. The number of carbonyl (C=O) groups excluding carboxylic acids is 1. The standard InChI is InChI=1S/C15H13IN2O4/c1-8(19)21-15-11(20-3)5-4-9-12(16)14(22-13(9)15)10-6-17-7-18(10)2/h4-7H,1-3H3. The quantitative estimate of drug-likeness (QED) is 0.375. The van der Waals surface area contributed by atoms with E-state index in [1.807, 2.05) is 17.7 Å². The monoisotopic (exact) mass is 412 g/mol. The smallest absolute Gasteiger partial charge is 0.308 e. The molecule has 0 amide bonds. The molecule has 2 aromatic heterocycles. The molecule has 0 atom stereocenters. The number of aryl methyl sites for hydroxylation is 1. The number of ether oxygens (including phenoxy) is 2. The first-order valence-electron chi connectivity index (χ1n) is 6.47. The molecule has 22 heavy (non-hydrogen) atoms. The van der Waals surface area contributed by atoms with Gasteiger partial charge in [-0.25, -0.2) is 4.98 Å². The number of imidazole rings is 1. The van der Waals surface area contributed by atoms with Crippen molar-refractivity contribution < 1.29 is 18.7 Å². The molecule has 7 heteroatoms. The van der Waals surface area contributed by atoms with Crippen molar-refractivity contribution in [2.75, 3.05) is 7.11 Å². The second-order valence-electron chi connectivity index (χ2n) is 4.70. The van der Waals surface area contributed by atoms with Crippen LogP contribution in [0.25, 0.3) is 22.4 Å². The van der Waals surface area contributed by atoms with Gasteiger partial charge in [-0.1, -0.05) is 0 Å². The van der Waals surface area contributed by atoms with Crippen LogP contribution in [0.1, 0.15) is 6.92 Å². The fraction of sp³-hybridized carbons (Fsp3) is 0.200. The molecule has 0 N–H and O–H groups in total. The molecule has 6 nitrogen and oxygen atoms in total. The summed E-state index contributed by atoms with van der Waals surface area (Å²) in [7, 11) is 3.41. The summed E-state index contributed by atoms with van der Waals surface area (Å²) in [5.74, 6) is 0.986. The normalized spacial score (nSPS) is 10.9. The number of benzene rings is 1. The van der Waals surface area contributed by atoms with E-state index in [2.05, 4.69) is 27.6 Å². The number of fused-ring (bicyclic) bond motifs is 1. The molecular formula is C15H13IN2O4. The number of hydrogen-bond acceptors (Lipinski definition) is 5. The Bertz CT molecular complexity index is 866. The largest absolute Gasteiger partial charge is 0.493 e. The molecule has 1 aromatic carbocycles. The molecule has 0 bridgehead atoms. The second-order valence-corrected chi connectivity index (χ2v) is 5.78. The summed E-state index contributed by atoms with van der Waals surface area (Å²) in [5.41, 5.74) is 1.32. The molecule has 0 aliphatic rings. The molecule has 0 aliphatic carbocycles. The van der Waals surface area contributed by atoms with E-state index in [4.69, 9.17) is 13.9 Å². The highest BCUT2D eigenvalue weighted by atomic mass is 127. The Morgan fingerprint density at radius 1 is 1.41 bits per heavy atom. The van der Waals surface area contributed by atoms with Crippen LogP contribution < -0.4 is 9.47 Å². The lowest BCUT2D eigenvalue weighted by Crippen LogP contribution is -2.03. The summed E-state index contributed by atoms with van der Waals surface area (Å²) in [4.78, 5) is 15.5. The van der Waals surface area contributed by atoms with Crippen LogP contribution in [0.2, 0.25) is 0 Å². The minimum atomic E-state index is -0.431. The molecular weight excluding hydrogens is 399 g/mol. The van der Waals surface area contributed by atoms with Crippen molar-refractivity contribution in [3.63, 3.8) is 0 Å². The van der Waals surface area contributed by atoms with Crippen LogP contribution in [0.5, 0.6) is 11.5 Å². The second kappa shape index (κ2) is 5.64. The number of esters is 1. The molecule has 0 aliphatic heterocycles. The first-order chi connectivity index (χ1) is 10.5. The number of nitrogens with zero attached hydrogens (tertiary/aromatic N) is 2. The molecule has 0 unspecified atom stereocenters. The summed E-state index contributed by atoms with van der Waals surface area (Å²) < 4.78 is 19.3. The molecule has 0 radical (unpaired) electrons. The van der Waals surface area contributed by atoms with E-state index in [1.165, 1.54) is 14.0 Å². The summed E-state index contributed by atoms with van der Waals surface area (Å²) in [6, 6.07) is 3.64. The van der Waals surface area contributed by atoms with E-state index in [-0.39, 0.29) is 0 Å². The maximum atomic E-state index is 11.4. The van der Waals surface area contributed by atoms with Crippen LogP contribution in [-0.2, 0) is 11.8 Å². The maximum Gasteiger partial charge on any atom is 0.308 e. The topological polar surface area (TPSA) is 66.5 Å². The van der Waals surface area contributed by atoms with Gasteiger partial charge in [0.25, 0.3) is 0 Å². The predicted octanol–water partition coefficient (Wildman–Crippen LogP) is 3.37. The summed E-state index contributed by atoms with van der Waals surface area (Å²) in [5, 5.41) is 0.855. The van der Waals surface area contributed by atoms with Gasteiger partial charge in [0.15, 0.2) is 17.1 Å². The average Bonchev–Trinajstić information content (AvgIpc) is 3.03. The van der Waals surface area contributed by atoms with Crippen LogP contribution in [0.3, 0.4) is 0 Å². The number of carbonyl (C=O) groups is 1. The van der Waals surface area contributed by atoms with E-state index >= 15 is 0 Å². The van der Waals surface area contributed by atoms with Gasteiger partial charge in [0.2, 0.25) is 5.75 Å². The fourth-order valence-corrected chi connectivity index (χ4v) is 3.04. The van der Waals surface area contributed by atoms with Gasteiger partial charge in [0.1, 0.15) is 5.69 Å². The third kappa shape index (κ3) is 2.35. The van der Waals surface area contributed by atoms with Crippen LogP contribution in [0.15, 0.2) is 29.1 Å². The molecule has 3 aromatic rings. The lowest BCUT2D eigenvalue weighted by molar-refractivity contribution is -0.131. The molecule has 114 valence electrons. The van der Waals surface area contributed by atoms with Crippen molar-refractivity contribution in [2.24, 2.45) is 7.05 Å². The zero-order valence-electron chi connectivity index (χ0n) is 12.2. The first kappa shape index (κ1) is 14.9. The van der Waals surface area contributed by atoms with Crippen molar-refractivity contribution in [3.8, 4) is 23.0 Å². The Hall–Kier alpha value is -2.03. The molecule has 2 heterocycles. The van der Waals surface area contributed by atoms with Gasteiger partial charge < -0.3 is 18.5 Å². The van der Waals surface area contributed by atoms with Crippen LogP contribution in [0.4, 0.5) is 0 Å². The minimum Gasteiger partial charge on any atom is -0.493 e. The van der Waals surface area contributed by atoms with Gasteiger partial charge in [-0.2, -0.15) is 0 Å². The molecule has 0 fully saturated rings. The number of hydrogen-bond donors (Lipinski definition) is 0. The minimum absolute atomic E-state index is 0.291. The third-order valence-electron chi connectivity index (χ3n) is 3.23. The number of halogens is 1. The SMILES string of the molecule is COc1ccc2c(I)c(-c3cncn3C)oc2c1OC(C)=O. The summed E-state index contributed by atoms with van der Waals surface area (Å²) >= 11 is 2.21. The number of furan rings is 1. The van der Waals surface area contributed by atoms with Gasteiger partial charge in [-0.3, -0.25) is 4.79 Å². The third-order valence-corrected chi connectivity index (χ3v) is 4.30. The van der Waals surface area contributed by atoms with Gasteiger partial charge in [-0.15, -0.1) is 0 Å². The molecule has 3 rings (SSSR count). The van der Waals surface area contributed by atoms with Crippen molar-refractivity contribution in [1.29, 1.82) is 0 Å². The Morgan fingerprint density at radius 2 is 2.18 bits per heavy atom. The van der Waals surface area contributed by atoms with Gasteiger partial charge in [-0.05, 0) is 34.7 Å². The number of methoxy groups -OCH3 is 1. The lowest BCUT2D eigenvalue weighted by atomic mass is 10.2. The van der Waals surface area contributed by atoms with E-state index in [1.54, 1.807) is 18.6 Å². The Balaban J connectivity index is 2.29. The average molecular weight is 412 g/mol. The van der Waals surface area contributed by atoms with Crippen LogP contribution >= 0.6 is 22.6 Å².